The van der Waals surface area contributed by atoms with Gasteiger partial charge >= 0.3 is 6.18 Å². The van der Waals surface area contributed by atoms with Gasteiger partial charge in [0, 0.05) is 19.0 Å². The van der Waals surface area contributed by atoms with Crippen LogP contribution in [0.5, 0.6) is 0 Å². The van der Waals surface area contributed by atoms with Crippen molar-refractivity contribution in [3.05, 3.63) is 12.2 Å². The SMILES string of the molecule is CCCn1ncnc1CC(CC(F)(F)F)NN. The van der Waals surface area contributed by atoms with E-state index in [0.717, 1.165) is 6.42 Å². The van der Waals surface area contributed by atoms with E-state index in [2.05, 4.69) is 15.5 Å². The molecule has 0 saturated heterocycles. The first-order valence-corrected chi connectivity index (χ1v) is 5.35. The molecule has 0 aliphatic carbocycles. The molecule has 98 valence electrons. The smallest absolute Gasteiger partial charge is 0.271 e. The fraction of sp³-hybridized carbons (Fsp3) is 0.778. The minimum Gasteiger partial charge on any atom is -0.271 e. The first kappa shape index (κ1) is 13.9. The minimum absolute atomic E-state index is 0.107. The van der Waals surface area contributed by atoms with E-state index in [-0.39, 0.29) is 6.42 Å². The summed E-state index contributed by atoms with van der Waals surface area (Å²) in [7, 11) is 0. The summed E-state index contributed by atoms with van der Waals surface area (Å²) in [6.45, 7) is 2.60. The number of hydrogen-bond acceptors (Lipinski definition) is 4. The molecule has 1 unspecified atom stereocenters. The predicted octanol–water partition coefficient (Wildman–Crippen LogP) is 1.01. The van der Waals surface area contributed by atoms with Crippen molar-refractivity contribution in [3.63, 3.8) is 0 Å². The fourth-order valence-corrected chi connectivity index (χ4v) is 1.53. The number of rotatable bonds is 6. The van der Waals surface area contributed by atoms with Gasteiger partial charge in [-0.3, -0.25) is 16.0 Å². The highest BCUT2D eigenvalue weighted by Crippen LogP contribution is 2.22. The number of nitrogens with one attached hydrogen (secondary N) is 1. The highest BCUT2D eigenvalue weighted by molar-refractivity contribution is 4.90. The highest BCUT2D eigenvalue weighted by atomic mass is 19.4. The lowest BCUT2D eigenvalue weighted by atomic mass is 10.1. The number of halogens is 3. The first-order chi connectivity index (χ1) is 7.96. The van der Waals surface area contributed by atoms with Crippen molar-refractivity contribution in [1.29, 1.82) is 0 Å². The maximum atomic E-state index is 12.2. The maximum absolute atomic E-state index is 12.2. The summed E-state index contributed by atoms with van der Waals surface area (Å²) in [6.07, 6.45) is -2.94. The Bertz CT molecular complexity index is 336. The van der Waals surface area contributed by atoms with Crippen molar-refractivity contribution in [1.82, 2.24) is 20.2 Å². The molecule has 0 saturated carbocycles. The quantitative estimate of drug-likeness (QED) is 0.585. The van der Waals surface area contributed by atoms with Gasteiger partial charge in [0.15, 0.2) is 0 Å². The van der Waals surface area contributed by atoms with Crippen LogP contribution in [0.2, 0.25) is 0 Å². The second-order valence-electron chi connectivity index (χ2n) is 3.79. The van der Waals surface area contributed by atoms with Gasteiger partial charge in [-0.05, 0) is 6.42 Å². The van der Waals surface area contributed by atoms with E-state index >= 15 is 0 Å². The van der Waals surface area contributed by atoms with Gasteiger partial charge < -0.3 is 0 Å². The second-order valence-corrected chi connectivity index (χ2v) is 3.79. The van der Waals surface area contributed by atoms with Crippen LogP contribution < -0.4 is 11.3 Å². The van der Waals surface area contributed by atoms with Crippen molar-refractivity contribution < 1.29 is 13.2 Å². The molecule has 1 aromatic rings. The number of hydrazine groups is 1. The van der Waals surface area contributed by atoms with Crippen molar-refractivity contribution in [3.8, 4) is 0 Å². The van der Waals surface area contributed by atoms with Crippen LogP contribution in [0, 0.1) is 0 Å². The van der Waals surface area contributed by atoms with E-state index in [4.69, 9.17) is 5.84 Å². The third kappa shape index (κ3) is 4.70. The number of nitrogens with zero attached hydrogens (tertiary/aromatic N) is 3. The monoisotopic (exact) mass is 251 g/mol. The second kappa shape index (κ2) is 5.97. The average Bonchev–Trinajstić information content (AvgIpc) is 2.63. The summed E-state index contributed by atoms with van der Waals surface area (Å²) in [5.41, 5.74) is 2.17. The van der Waals surface area contributed by atoms with Crippen molar-refractivity contribution in [2.24, 2.45) is 5.84 Å². The number of nitrogens with two attached hydrogens (primary N) is 1. The van der Waals surface area contributed by atoms with E-state index in [9.17, 15) is 13.2 Å². The van der Waals surface area contributed by atoms with E-state index in [1.165, 1.54) is 6.33 Å². The van der Waals surface area contributed by atoms with Gasteiger partial charge in [0.1, 0.15) is 12.2 Å². The Balaban J connectivity index is 2.63. The van der Waals surface area contributed by atoms with Crippen LogP contribution in [-0.2, 0) is 13.0 Å². The molecule has 1 atom stereocenters. The molecule has 0 radical (unpaired) electrons. The highest BCUT2D eigenvalue weighted by Gasteiger charge is 2.32. The fourth-order valence-electron chi connectivity index (χ4n) is 1.53. The standard InChI is InChI=1S/C9H16F3N5/c1-2-3-17-8(14-6-15-17)4-7(16-13)5-9(10,11)12/h6-7,16H,2-5,13H2,1H3. The number of aromatic nitrogens is 3. The molecule has 0 aliphatic heterocycles. The molecule has 0 fully saturated rings. The lowest BCUT2D eigenvalue weighted by molar-refractivity contribution is -0.140. The zero-order chi connectivity index (χ0) is 12.9. The molecule has 17 heavy (non-hydrogen) atoms. The average molecular weight is 251 g/mol. The Morgan fingerprint density at radius 2 is 2.24 bits per heavy atom. The van der Waals surface area contributed by atoms with E-state index in [0.29, 0.717) is 12.4 Å². The van der Waals surface area contributed by atoms with Gasteiger partial charge in [-0.2, -0.15) is 18.3 Å². The molecule has 0 spiro atoms. The molecule has 0 amide bonds. The summed E-state index contributed by atoms with van der Waals surface area (Å²) in [6, 6.07) is -0.880. The van der Waals surface area contributed by atoms with Crippen LogP contribution >= 0.6 is 0 Å². The molecule has 8 heteroatoms. The van der Waals surface area contributed by atoms with Crippen molar-refractivity contribution in [2.75, 3.05) is 0 Å². The molecule has 0 aromatic carbocycles. The number of aryl methyl sites for hydroxylation is 1. The van der Waals surface area contributed by atoms with Crippen LogP contribution in [0.3, 0.4) is 0 Å². The zero-order valence-corrected chi connectivity index (χ0v) is 9.54. The third-order valence-corrected chi connectivity index (χ3v) is 2.27. The Morgan fingerprint density at radius 3 is 2.76 bits per heavy atom. The maximum Gasteiger partial charge on any atom is 0.390 e. The van der Waals surface area contributed by atoms with Crippen LogP contribution in [0.25, 0.3) is 0 Å². The molecule has 3 N–H and O–H groups in total. The Kier molecular flexibility index (Phi) is 4.88. The van der Waals surface area contributed by atoms with Crippen LogP contribution in [0.1, 0.15) is 25.6 Å². The van der Waals surface area contributed by atoms with Gasteiger partial charge in [-0.15, -0.1) is 0 Å². The molecular formula is C9H16F3N5. The van der Waals surface area contributed by atoms with Crippen LogP contribution in [0.4, 0.5) is 13.2 Å². The van der Waals surface area contributed by atoms with Gasteiger partial charge in [0.05, 0.1) is 6.42 Å². The Labute approximate surface area is 97.2 Å². The number of hydrogen-bond donors (Lipinski definition) is 2. The topological polar surface area (TPSA) is 68.8 Å². The predicted molar refractivity (Wildman–Crippen MR) is 55.8 cm³/mol. The van der Waals surface area contributed by atoms with E-state index in [1.54, 1.807) is 4.68 Å². The van der Waals surface area contributed by atoms with Crippen LogP contribution in [0.15, 0.2) is 6.33 Å². The lowest BCUT2D eigenvalue weighted by Gasteiger charge is -2.17. The molecule has 1 rings (SSSR count). The van der Waals surface area contributed by atoms with Crippen molar-refractivity contribution in [2.45, 2.75) is 44.9 Å². The summed E-state index contributed by atoms with van der Waals surface area (Å²) >= 11 is 0. The molecule has 1 aromatic heterocycles. The molecule has 0 bridgehead atoms. The van der Waals surface area contributed by atoms with Gasteiger partial charge in [-0.25, -0.2) is 4.98 Å². The normalized spacial score (nSPS) is 13.9. The lowest BCUT2D eigenvalue weighted by Crippen LogP contribution is -2.40. The molecule has 0 aliphatic rings. The van der Waals surface area contributed by atoms with Crippen LogP contribution in [-0.4, -0.2) is 27.0 Å². The third-order valence-electron chi connectivity index (χ3n) is 2.27. The summed E-state index contributed by atoms with van der Waals surface area (Å²) in [5, 5.41) is 3.95. The zero-order valence-electron chi connectivity index (χ0n) is 9.54. The van der Waals surface area contributed by atoms with E-state index in [1.807, 2.05) is 6.92 Å². The van der Waals surface area contributed by atoms with E-state index < -0.39 is 18.6 Å². The van der Waals surface area contributed by atoms with Crippen molar-refractivity contribution >= 4 is 0 Å². The number of alkyl halides is 3. The molecular weight excluding hydrogens is 235 g/mol. The Morgan fingerprint density at radius 1 is 1.53 bits per heavy atom. The Hall–Kier alpha value is -1.15. The minimum atomic E-state index is -4.24. The summed E-state index contributed by atoms with van der Waals surface area (Å²) < 4.78 is 38.3. The van der Waals surface area contributed by atoms with Gasteiger partial charge in [0.25, 0.3) is 0 Å². The molecule has 5 nitrogen and oxygen atoms in total. The molecule has 1 heterocycles. The summed E-state index contributed by atoms with van der Waals surface area (Å²) in [4.78, 5) is 3.94. The van der Waals surface area contributed by atoms with Gasteiger partial charge in [0.2, 0.25) is 0 Å². The summed E-state index contributed by atoms with van der Waals surface area (Å²) in [5.74, 6) is 5.63. The van der Waals surface area contributed by atoms with Gasteiger partial charge in [-0.1, -0.05) is 6.92 Å². The first-order valence-electron chi connectivity index (χ1n) is 5.35. The largest absolute Gasteiger partial charge is 0.390 e.